The van der Waals surface area contributed by atoms with Crippen molar-refractivity contribution in [2.45, 2.75) is 32.1 Å². The molecule has 16 heavy (non-hydrogen) atoms. The van der Waals surface area contributed by atoms with E-state index < -0.39 is 18.8 Å². The Balaban J connectivity index is 2.84. The smallest absolute Gasteiger partial charge is 0.169 e. The lowest BCUT2D eigenvalue weighted by Crippen LogP contribution is -2.33. The zero-order valence-electron chi connectivity index (χ0n) is 9.17. The van der Waals surface area contributed by atoms with Gasteiger partial charge in [-0.15, -0.1) is 0 Å². The number of nitrogens with zero attached hydrogens (tertiary/aromatic N) is 2. The van der Waals surface area contributed by atoms with Gasteiger partial charge in [0.15, 0.2) is 5.82 Å². The predicted molar refractivity (Wildman–Crippen MR) is 59.5 cm³/mol. The van der Waals surface area contributed by atoms with Crippen molar-refractivity contribution >= 4 is 11.5 Å². The Hall–Kier alpha value is -1.31. The van der Waals surface area contributed by atoms with Gasteiger partial charge >= 0.3 is 0 Å². The van der Waals surface area contributed by atoms with Crippen molar-refractivity contribution < 1.29 is 15.3 Å². The van der Waals surface area contributed by atoms with Gasteiger partial charge in [-0.3, -0.25) is 4.68 Å². The van der Waals surface area contributed by atoms with Crippen LogP contribution in [-0.2, 0) is 13.0 Å². The van der Waals surface area contributed by atoms with Crippen molar-refractivity contribution in [3.63, 3.8) is 0 Å². The summed E-state index contributed by atoms with van der Waals surface area (Å²) in [6.45, 7) is 1.43. The van der Waals surface area contributed by atoms with Gasteiger partial charge in [0.25, 0.3) is 0 Å². The summed E-state index contributed by atoms with van der Waals surface area (Å²) in [5.41, 5.74) is 12.4. The number of aliphatic hydroxyl groups excluding tert-OH is 3. The number of rotatable bonds is 5. The summed E-state index contributed by atoms with van der Waals surface area (Å²) < 4.78 is 1.45. The second-order valence-electron chi connectivity index (χ2n) is 3.60. The second-order valence-corrected chi connectivity index (χ2v) is 3.60. The minimum Gasteiger partial charge on any atom is -0.394 e. The monoisotopic (exact) mass is 230 g/mol. The normalized spacial score (nSPS) is 15.0. The molecule has 7 nitrogen and oxygen atoms in total. The maximum atomic E-state index is 9.54. The molecule has 0 aliphatic carbocycles. The van der Waals surface area contributed by atoms with Crippen molar-refractivity contribution in [3.8, 4) is 0 Å². The molecule has 1 rings (SSSR count). The number of hydrogen-bond donors (Lipinski definition) is 5. The van der Waals surface area contributed by atoms with E-state index >= 15 is 0 Å². The maximum Gasteiger partial charge on any atom is 0.169 e. The predicted octanol–water partition coefficient (Wildman–Crippen LogP) is -1.68. The van der Waals surface area contributed by atoms with Crippen LogP contribution in [0.3, 0.4) is 0 Å². The van der Waals surface area contributed by atoms with E-state index in [1.165, 1.54) is 4.68 Å². The summed E-state index contributed by atoms with van der Waals surface area (Å²) in [7, 11) is 0. The first-order valence-electron chi connectivity index (χ1n) is 5.08. The highest BCUT2D eigenvalue weighted by molar-refractivity contribution is 5.61. The molecular formula is C9H18N4O3. The highest BCUT2D eigenvalue weighted by Crippen LogP contribution is 2.20. The van der Waals surface area contributed by atoms with Gasteiger partial charge in [0, 0.05) is 0 Å². The highest BCUT2D eigenvalue weighted by Gasteiger charge is 2.19. The Kier molecular flexibility index (Phi) is 4.11. The van der Waals surface area contributed by atoms with Gasteiger partial charge in [0.2, 0.25) is 0 Å². The number of anilines is 2. The molecule has 0 aliphatic heterocycles. The Bertz CT molecular complexity index is 353. The van der Waals surface area contributed by atoms with Crippen LogP contribution in [-0.4, -0.2) is 43.9 Å². The van der Waals surface area contributed by atoms with E-state index in [-0.39, 0.29) is 12.4 Å². The van der Waals surface area contributed by atoms with Gasteiger partial charge in [-0.2, -0.15) is 5.10 Å². The fourth-order valence-corrected chi connectivity index (χ4v) is 1.48. The molecule has 0 spiro atoms. The standard InChI is InChI=1S/C9H18N4O3/c1-2-5-8(10)9(11)12-13(5)3-6(15)7(16)4-14/h6-7,14-16H,2-4,10H2,1H3,(H2,11,12). The molecular weight excluding hydrogens is 212 g/mol. The van der Waals surface area contributed by atoms with Crippen LogP contribution < -0.4 is 11.5 Å². The van der Waals surface area contributed by atoms with Gasteiger partial charge in [0.1, 0.15) is 12.2 Å². The van der Waals surface area contributed by atoms with Crippen LogP contribution in [0.15, 0.2) is 0 Å². The molecule has 0 saturated heterocycles. The van der Waals surface area contributed by atoms with Crippen molar-refractivity contribution in [2.24, 2.45) is 0 Å². The molecule has 0 aromatic carbocycles. The Morgan fingerprint density at radius 1 is 1.31 bits per heavy atom. The molecule has 0 saturated carbocycles. The van der Waals surface area contributed by atoms with E-state index in [1.807, 2.05) is 6.92 Å². The molecule has 2 unspecified atom stereocenters. The summed E-state index contributed by atoms with van der Waals surface area (Å²) >= 11 is 0. The number of aliphatic hydroxyl groups is 3. The molecule has 0 radical (unpaired) electrons. The first-order chi connectivity index (χ1) is 7.51. The number of hydrogen-bond acceptors (Lipinski definition) is 6. The van der Waals surface area contributed by atoms with Crippen molar-refractivity contribution in [1.82, 2.24) is 9.78 Å². The SMILES string of the molecule is CCc1c(N)c(N)nn1CC(O)C(O)CO. The molecule has 0 aliphatic rings. The summed E-state index contributed by atoms with van der Waals surface area (Å²) in [4.78, 5) is 0. The lowest BCUT2D eigenvalue weighted by molar-refractivity contribution is -0.0232. The van der Waals surface area contributed by atoms with Crippen LogP contribution in [0, 0.1) is 0 Å². The summed E-state index contributed by atoms with van der Waals surface area (Å²) in [6, 6.07) is 0. The van der Waals surface area contributed by atoms with E-state index in [9.17, 15) is 10.2 Å². The van der Waals surface area contributed by atoms with E-state index in [0.717, 1.165) is 0 Å². The fourth-order valence-electron chi connectivity index (χ4n) is 1.48. The summed E-state index contributed by atoms with van der Waals surface area (Å²) in [5, 5.41) is 31.4. The third-order valence-electron chi connectivity index (χ3n) is 2.45. The van der Waals surface area contributed by atoms with Crippen LogP contribution in [0.2, 0.25) is 0 Å². The van der Waals surface area contributed by atoms with Crippen molar-refractivity contribution in [3.05, 3.63) is 5.69 Å². The number of aromatic nitrogens is 2. The van der Waals surface area contributed by atoms with Crippen LogP contribution in [0.1, 0.15) is 12.6 Å². The quantitative estimate of drug-likeness (QED) is 0.411. The Morgan fingerprint density at radius 2 is 1.94 bits per heavy atom. The largest absolute Gasteiger partial charge is 0.394 e. The Morgan fingerprint density at radius 3 is 2.44 bits per heavy atom. The molecule has 0 amide bonds. The molecule has 2 atom stereocenters. The van der Waals surface area contributed by atoms with Gasteiger partial charge < -0.3 is 26.8 Å². The number of nitrogens with two attached hydrogens (primary N) is 2. The van der Waals surface area contributed by atoms with Crippen LogP contribution in [0.25, 0.3) is 0 Å². The van der Waals surface area contributed by atoms with Gasteiger partial charge in [0.05, 0.1) is 24.5 Å². The third-order valence-corrected chi connectivity index (χ3v) is 2.45. The van der Waals surface area contributed by atoms with E-state index in [2.05, 4.69) is 5.10 Å². The number of nitrogen functional groups attached to an aromatic ring is 2. The minimum atomic E-state index is -1.20. The average Bonchev–Trinajstić information content (AvgIpc) is 2.53. The second kappa shape index (κ2) is 5.15. The van der Waals surface area contributed by atoms with Crippen LogP contribution in [0.4, 0.5) is 11.5 Å². The molecule has 7 heteroatoms. The Labute approximate surface area is 93.3 Å². The molecule has 7 N–H and O–H groups in total. The lowest BCUT2D eigenvalue weighted by Gasteiger charge is -2.16. The summed E-state index contributed by atoms with van der Waals surface area (Å²) in [6.07, 6.45) is -1.68. The minimum absolute atomic E-state index is 0.0479. The fraction of sp³-hybridized carbons (Fsp3) is 0.667. The molecule has 1 aromatic heterocycles. The molecule has 1 aromatic rings. The zero-order valence-corrected chi connectivity index (χ0v) is 9.17. The van der Waals surface area contributed by atoms with Gasteiger partial charge in [-0.05, 0) is 6.42 Å². The van der Waals surface area contributed by atoms with Crippen LogP contribution >= 0.6 is 0 Å². The van der Waals surface area contributed by atoms with Gasteiger partial charge in [-0.25, -0.2) is 0 Å². The zero-order chi connectivity index (χ0) is 12.3. The maximum absolute atomic E-state index is 9.54. The highest BCUT2D eigenvalue weighted by atomic mass is 16.4. The molecule has 0 fully saturated rings. The average molecular weight is 230 g/mol. The lowest BCUT2D eigenvalue weighted by atomic mass is 10.2. The van der Waals surface area contributed by atoms with E-state index in [4.69, 9.17) is 16.6 Å². The summed E-state index contributed by atoms with van der Waals surface area (Å²) in [5.74, 6) is 0.211. The van der Waals surface area contributed by atoms with E-state index in [1.54, 1.807) is 0 Å². The first kappa shape index (κ1) is 12.8. The topological polar surface area (TPSA) is 131 Å². The van der Waals surface area contributed by atoms with E-state index in [0.29, 0.717) is 17.8 Å². The first-order valence-corrected chi connectivity index (χ1v) is 5.08. The molecule has 0 bridgehead atoms. The third kappa shape index (κ3) is 2.43. The molecule has 1 heterocycles. The van der Waals surface area contributed by atoms with Crippen molar-refractivity contribution in [1.29, 1.82) is 0 Å². The molecule has 92 valence electrons. The van der Waals surface area contributed by atoms with Crippen molar-refractivity contribution in [2.75, 3.05) is 18.1 Å². The van der Waals surface area contributed by atoms with Gasteiger partial charge in [-0.1, -0.05) is 6.92 Å². The van der Waals surface area contributed by atoms with Crippen LogP contribution in [0.5, 0.6) is 0 Å².